The van der Waals surface area contributed by atoms with Crippen LogP contribution in [-0.2, 0) is 12.8 Å². The molecule has 1 aliphatic carbocycles. The lowest BCUT2D eigenvalue weighted by atomic mass is 9.97. The zero-order valence-corrected chi connectivity index (χ0v) is 11.1. The fraction of sp³-hybridized carbons (Fsp3) is 0.846. The third-order valence-electron chi connectivity index (χ3n) is 3.47. The van der Waals surface area contributed by atoms with E-state index in [-0.39, 0.29) is 0 Å². The van der Waals surface area contributed by atoms with Crippen molar-refractivity contribution in [3.05, 3.63) is 11.8 Å². The maximum absolute atomic E-state index is 5.65. The summed E-state index contributed by atoms with van der Waals surface area (Å²) in [6, 6.07) is 0. The van der Waals surface area contributed by atoms with Crippen LogP contribution in [0.25, 0.3) is 0 Å². The largest absolute Gasteiger partial charge is 0.425 e. The van der Waals surface area contributed by atoms with Crippen LogP contribution in [0.3, 0.4) is 0 Å². The van der Waals surface area contributed by atoms with E-state index in [1.165, 1.54) is 38.5 Å². The van der Waals surface area contributed by atoms with Crippen molar-refractivity contribution in [3.63, 3.8) is 0 Å². The monoisotopic (exact) mass is 256 g/mol. The fourth-order valence-electron chi connectivity index (χ4n) is 2.50. The lowest BCUT2D eigenvalue weighted by molar-refractivity contribution is 0.379. The molecule has 0 radical (unpaired) electrons. The molecular formula is C13H21ClN2O. The minimum absolute atomic E-state index is 0.653. The molecule has 1 heterocycles. The van der Waals surface area contributed by atoms with Gasteiger partial charge >= 0.3 is 0 Å². The van der Waals surface area contributed by atoms with Gasteiger partial charge in [-0.3, -0.25) is 0 Å². The minimum atomic E-state index is 0.653. The van der Waals surface area contributed by atoms with Gasteiger partial charge in [0.25, 0.3) is 0 Å². The topological polar surface area (TPSA) is 38.9 Å². The van der Waals surface area contributed by atoms with Gasteiger partial charge in [0.05, 0.1) is 0 Å². The first-order chi connectivity index (χ1) is 8.38. The van der Waals surface area contributed by atoms with Crippen molar-refractivity contribution < 1.29 is 4.42 Å². The summed E-state index contributed by atoms with van der Waals surface area (Å²) in [4.78, 5) is 0. The average Bonchev–Trinajstić information content (AvgIpc) is 2.61. The maximum Gasteiger partial charge on any atom is 0.216 e. The van der Waals surface area contributed by atoms with Crippen molar-refractivity contribution >= 4 is 11.6 Å². The summed E-state index contributed by atoms with van der Waals surface area (Å²) in [5.74, 6) is 2.97. The molecule has 1 aromatic rings. The van der Waals surface area contributed by atoms with Gasteiger partial charge in [0, 0.05) is 18.7 Å². The molecule has 0 spiro atoms. The third kappa shape index (κ3) is 4.30. The standard InChI is InChI=1S/C13H21ClN2O/c14-9-5-8-12-15-16-13(17-12)10-11-6-3-1-2-4-7-11/h11H,1-10H2. The number of halogens is 1. The molecule has 2 rings (SSSR count). The Bertz CT molecular complexity index is 319. The Morgan fingerprint density at radius 1 is 1.06 bits per heavy atom. The number of aromatic nitrogens is 2. The summed E-state index contributed by atoms with van der Waals surface area (Å²) >= 11 is 5.64. The van der Waals surface area contributed by atoms with Crippen LogP contribution in [-0.4, -0.2) is 16.1 Å². The Labute approximate surface area is 108 Å². The molecule has 0 atom stereocenters. The Morgan fingerprint density at radius 3 is 2.47 bits per heavy atom. The molecule has 0 amide bonds. The van der Waals surface area contributed by atoms with Crippen molar-refractivity contribution in [2.45, 2.75) is 57.8 Å². The van der Waals surface area contributed by atoms with Gasteiger partial charge in [-0.25, -0.2) is 0 Å². The highest BCUT2D eigenvalue weighted by Gasteiger charge is 2.16. The number of rotatable bonds is 5. The van der Waals surface area contributed by atoms with Gasteiger partial charge in [-0.1, -0.05) is 25.7 Å². The summed E-state index contributed by atoms with van der Waals surface area (Å²) in [5, 5.41) is 8.20. The van der Waals surface area contributed by atoms with E-state index in [9.17, 15) is 0 Å². The van der Waals surface area contributed by atoms with Crippen LogP contribution in [0.1, 0.15) is 56.7 Å². The number of nitrogens with zero attached hydrogens (tertiary/aromatic N) is 2. The molecule has 0 N–H and O–H groups in total. The van der Waals surface area contributed by atoms with Crippen molar-refractivity contribution in [1.82, 2.24) is 10.2 Å². The first-order valence-corrected chi connectivity index (χ1v) is 7.29. The van der Waals surface area contributed by atoms with Gasteiger partial charge in [0.2, 0.25) is 11.8 Å². The molecule has 17 heavy (non-hydrogen) atoms. The van der Waals surface area contributed by atoms with E-state index in [0.29, 0.717) is 5.88 Å². The first-order valence-electron chi connectivity index (χ1n) is 6.75. The van der Waals surface area contributed by atoms with Crippen molar-refractivity contribution in [2.24, 2.45) is 5.92 Å². The summed E-state index contributed by atoms with van der Waals surface area (Å²) in [6.45, 7) is 0. The second kappa shape index (κ2) is 7.00. The molecule has 0 aliphatic heterocycles. The molecule has 0 saturated heterocycles. The van der Waals surface area contributed by atoms with Gasteiger partial charge in [-0.2, -0.15) is 0 Å². The van der Waals surface area contributed by atoms with Gasteiger partial charge in [-0.15, -0.1) is 21.8 Å². The van der Waals surface area contributed by atoms with E-state index < -0.39 is 0 Å². The van der Waals surface area contributed by atoms with Crippen LogP contribution < -0.4 is 0 Å². The quantitative estimate of drug-likeness (QED) is 0.595. The predicted octanol–water partition coefficient (Wildman–Crippen LogP) is 3.75. The van der Waals surface area contributed by atoms with E-state index in [2.05, 4.69) is 10.2 Å². The molecule has 1 aromatic heterocycles. The van der Waals surface area contributed by atoms with Crippen molar-refractivity contribution in [2.75, 3.05) is 5.88 Å². The summed E-state index contributed by atoms with van der Waals surface area (Å²) in [5.41, 5.74) is 0. The second-order valence-corrected chi connectivity index (χ2v) is 5.32. The van der Waals surface area contributed by atoms with Crippen LogP contribution >= 0.6 is 11.6 Å². The lowest BCUT2D eigenvalue weighted by Gasteiger charge is -2.10. The van der Waals surface area contributed by atoms with Crippen LogP contribution in [0.15, 0.2) is 4.42 Å². The summed E-state index contributed by atoms with van der Waals surface area (Å²) < 4.78 is 5.65. The molecule has 3 nitrogen and oxygen atoms in total. The van der Waals surface area contributed by atoms with Crippen LogP contribution in [0.4, 0.5) is 0 Å². The minimum Gasteiger partial charge on any atom is -0.425 e. The molecule has 1 fully saturated rings. The SMILES string of the molecule is ClCCCc1nnc(CC2CCCCCC2)o1. The fourth-order valence-corrected chi connectivity index (χ4v) is 2.64. The van der Waals surface area contributed by atoms with E-state index in [0.717, 1.165) is 37.0 Å². The molecule has 1 aliphatic rings. The van der Waals surface area contributed by atoms with Crippen molar-refractivity contribution in [3.8, 4) is 0 Å². The molecule has 1 saturated carbocycles. The van der Waals surface area contributed by atoms with E-state index in [4.69, 9.17) is 16.0 Å². The summed E-state index contributed by atoms with van der Waals surface area (Å²) in [7, 11) is 0. The molecule has 4 heteroatoms. The predicted molar refractivity (Wildman–Crippen MR) is 68.2 cm³/mol. The van der Waals surface area contributed by atoms with Crippen LogP contribution in [0.5, 0.6) is 0 Å². The summed E-state index contributed by atoms with van der Waals surface area (Å²) in [6.07, 6.45) is 10.8. The highest BCUT2D eigenvalue weighted by Crippen LogP contribution is 2.25. The first kappa shape index (κ1) is 12.9. The van der Waals surface area contributed by atoms with Gasteiger partial charge in [-0.05, 0) is 25.2 Å². The zero-order valence-electron chi connectivity index (χ0n) is 10.3. The van der Waals surface area contributed by atoms with Crippen LogP contribution in [0, 0.1) is 5.92 Å². The number of aryl methyl sites for hydroxylation is 1. The molecule has 0 unspecified atom stereocenters. The van der Waals surface area contributed by atoms with Gasteiger partial charge < -0.3 is 4.42 Å². The zero-order chi connectivity index (χ0) is 11.9. The van der Waals surface area contributed by atoms with E-state index in [1.54, 1.807) is 0 Å². The van der Waals surface area contributed by atoms with Gasteiger partial charge in [0.15, 0.2) is 0 Å². The van der Waals surface area contributed by atoms with Crippen molar-refractivity contribution in [1.29, 1.82) is 0 Å². The number of alkyl halides is 1. The van der Waals surface area contributed by atoms with Crippen LogP contribution in [0.2, 0.25) is 0 Å². The second-order valence-electron chi connectivity index (χ2n) is 4.94. The highest BCUT2D eigenvalue weighted by molar-refractivity contribution is 6.17. The average molecular weight is 257 g/mol. The molecule has 96 valence electrons. The Kier molecular flexibility index (Phi) is 5.30. The Hall–Kier alpha value is -0.570. The molecule has 0 bridgehead atoms. The Morgan fingerprint density at radius 2 is 1.76 bits per heavy atom. The third-order valence-corrected chi connectivity index (χ3v) is 3.74. The molecular weight excluding hydrogens is 236 g/mol. The number of hydrogen-bond acceptors (Lipinski definition) is 3. The lowest BCUT2D eigenvalue weighted by Crippen LogP contribution is -2.03. The molecule has 0 aromatic carbocycles. The van der Waals surface area contributed by atoms with Gasteiger partial charge in [0.1, 0.15) is 0 Å². The normalized spacial score (nSPS) is 18.2. The maximum atomic E-state index is 5.65. The highest BCUT2D eigenvalue weighted by atomic mass is 35.5. The van der Waals surface area contributed by atoms with E-state index >= 15 is 0 Å². The van der Waals surface area contributed by atoms with E-state index in [1.807, 2.05) is 0 Å². The smallest absolute Gasteiger partial charge is 0.216 e. The Balaban J connectivity index is 1.82. The number of hydrogen-bond donors (Lipinski definition) is 0.